The van der Waals surface area contributed by atoms with Crippen molar-refractivity contribution in [1.82, 2.24) is 4.90 Å². The number of nitrogens with one attached hydrogen (secondary N) is 1. The maximum Gasteiger partial charge on any atom is 0.387 e. The Morgan fingerprint density at radius 2 is 2.05 bits per heavy atom. The highest BCUT2D eigenvalue weighted by Gasteiger charge is 2.14. The summed E-state index contributed by atoms with van der Waals surface area (Å²) in [5, 5.41) is 10.9. The van der Waals surface area contributed by atoms with Gasteiger partial charge in [-0.25, -0.2) is 4.79 Å². The molecule has 0 aliphatic rings. The maximum atomic E-state index is 12.2. The molecule has 0 heterocycles. The molecule has 0 aliphatic heterocycles. The maximum absolute atomic E-state index is 12.2. The molecular formula is C12H14F2N2O4. The zero-order chi connectivity index (χ0) is 15.1. The molecule has 2 amide bonds. The molecule has 0 saturated carbocycles. The van der Waals surface area contributed by atoms with Gasteiger partial charge in [0.15, 0.2) is 0 Å². The Hall–Kier alpha value is -2.38. The Morgan fingerprint density at radius 1 is 1.40 bits per heavy atom. The van der Waals surface area contributed by atoms with Gasteiger partial charge in [0.1, 0.15) is 5.75 Å². The second kappa shape index (κ2) is 7.27. The van der Waals surface area contributed by atoms with Gasteiger partial charge in [0.2, 0.25) is 0 Å². The van der Waals surface area contributed by atoms with E-state index >= 15 is 0 Å². The number of carbonyl (C=O) groups is 2. The lowest BCUT2D eigenvalue weighted by Gasteiger charge is -2.18. The molecular weight excluding hydrogens is 274 g/mol. The predicted molar refractivity (Wildman–Crippen MR) is 67.0 cm³/mol. The molecule has 0 bridgehead atoms. The fraction of sp³-hybridized carbons (Fsp3) is 0.333. The number of hydrogen-bond donors (Lipinski definition) is 2. The van der Waals surface area contributed by atoms with Crippen molar-refractivity contribution in [3.8, 4) is 5.75 Å². The summed E-state index contributed by atoms with van der Waals surface area (Å²) >= 11 is 0. The highest BCUT2D eigenvalue weighted by molar-refractivity contribution is 5.91. The Kier molecular flexibility index (Phi) is 5.70. The van der Waals surface area contributed by atoms with Gasteiger partial charge in [0, 0.05) is 13.6 Å². The van der Waals surface area contributed by atoms with Crippen LogP contribution in [0.5, 0.6) is 5.75 Å². The fourth-order valence-electron chi connectivity index (χ4n) is 1.34. The number of anilines is 1. The van der Waals surface area contributed by atoms with E-state index in [2.05, 4.69) is 10.1 Å². The summed E-state index contributed by atoms with van der Waals surface area (Å²) in [6.07, 6.45) is -0.209. The van der Waals surface area contributed by atoms with Gasteiger partial charge in [-0.1, -0.05) is 12.1 Å². The van der Waals surface area contributed by atoms with Gasteiger partial charge in [0.25, 0.3) is 0 Å². The van der Waals surface area contributed by atoms with Crippen LogP contribution in [0.25, 0.3) is 0 Å². The topological polar surface area (TPSA) is 78.9 Å². The minimum absolute atomic E-state index is 0.000954. The van der Waals surface area contributed by atoms with Crippen LogP contribution >= 0.6 is 0 Å². The third-order valence-corrected chi connectivity index (χ3v) is 2.35. The molecule has 20 heavy (non-hydrogen) atoms. The van der Waals surface area contributed by atoms with Crippen molar-refractivity contribution in [2.24, 2.45) is 0 Å². The van der Waals surface area contributed by atoms with Crippen molar-refractivity contribution in [1.29, 1.82) is 0 Å². The zero-order valence-electron chi connectivity index (χ0n) is 10.7. The van der Waals surface area contributed by atoms with Gasteiger partial charge in [-0.3, -0.25) is 4.79 Å². The fourth-order valence-corrected chi connectivity index (χ4v) is 1.34. The van der Waals surface area contributed by atoms with Gasteiger partial charge < -0.3 is 20.1 Å². The normalized spacial score (nSPS) is 10.2. The number of carbonyl (C=O) groups excluding carboxylic acids is 1. The van der Waals surface area contributed by atoms with Crippen molar-refractivity contribution in [3.63, 3.8) is 0 Å². The molecule has 0 fully saturated rings. The molecule has 110 valence electrons. The van der Waals surface area contributed by atoms with Gasteiger partial charge in [-0.15, -0.1) is 0 Å². The van der Waals surface area contributed by atoms with Crippen molar-refractivity contribution in [2.75, 3.05) is 18.9 Å². The van der Waals surface area contributed by atoms with Crippen LogP contribution in [0.2, 0.25) is 0 Å². The molecule has 0 spiro atoms. The van der Waals surface area contributed by atoms with Gasteiger partial charge in [-0.05, 0) is 12.1 Å². The summed E-state index contributed by atoms with van der Waals surface area (Å²) in [5.41, 5.74) is 0.0833. The lowest BCUT2D eigenvalue weighted by molar-refractivity contribution is -0.137. The number of carboxylic acid groups (broad SMARTS) is 1. The van der Waals surface area contributed by atoms with Gasteiger partial charge in [0.05, 0.1) is 12.1 Å². The number of alkyl halides is 2. The number of ether oxygens (including phenoxy) is 1. The van der Waals surface area contributed by atoms with Crippen LogP contribution in [0, 0.1) is 0 Å². The Bertz CT molecular complexity index is 482. The number of urea groups is 1. The molecule has 0 radical (unpaired) electrons. The lowest BCUT2D eigenvalue weighted by atomic mass is 10.3. The van der Waals surface area contributed by atoms with E-state index in [1.165, 1.54) is 25.2 Å². The van der Waals surface area contributed by atoms with Crippen LogP contribution in [-0.4, -0.2) is 42.2 Å². The van der Waals surface area contributed by atoms with E-state index in [-0.39, 0.29) is 24.4 Å². The average Bonchev–Trinajstić information content (AvgIpc) is 2.37. The van der Waals surface area contributed by atoms with E-state index in [4.69, 9.17) is 5.11 Å². The van der Waals surface area contributed by atoms with Crippen LogP contribution in [0.3, 0.4) is 0 Å². The molecule has 1 rings (SSSR count). The summed E-state index contributed by atoms with van der Waals surface area (Å²) in [6.45, 7) is -3.00. The van der Waals surface area contributed by atoms with Crippen molar-refractivity contribution < 1.29 is 28.2 Å². The van der Waals surface area contributed by atoms with Crippen molar-refractivity contribution in [3.05, 3.63) is 24.3 Å². The first kappa shape index (κ1) is 15.7. The number of para-hydroxylation sites is 2. The molecule has 8 heteroatoms. The van der Waals surface area contributed by atoms with E-state index in [9.17, 15) is 18.4 Å². The highest BCUT2D eigenvalue weighted by Crippen LogP contribution is 2.25. The van der Waals surface area contributed by atoms with Crippen LogP contribution in [0.15, 0.2) is 24.3 Å². The molecule has 0 aromatic heterocycles. The third-order valence-electron chi connectivity index (χ3n) is 2.35. The molecule has 1 aromatic carbocycles. The Labute approximate surface area is 113 Å². The summed E-state index contributed by atoms with van der Waals surface area (Å²) < 4.78 is 28.7. The molecule has 0 aliphatic carbocycles. The second-order valence-corrected chi connectivity index (χ2v) is 3.87. The Morgan fingerprint density at radius 3 is 2.65 bits per heavy atom. The van der Waals surface area contributed by atoms with Crippen LogP contribution in [0.1, 0.15) is 6.42 Å². The quantitative estimate of drug-likeness (QED) is 0.841. The largest absolute Gasteiger partial charge is 0.481 e. The number of aliphatic carboxylic acids is 1. The van der Waals surface area contributed by atoms with Crippen LogP contribution < -0.4 is 10.1 Å². The van der Waals surface area contributed by atoms with E-state index in [1.54, 1.807) is 6.07 Å². The van der Waals surface area contributed by atoms with Gasteiger partial charge >= 0.3 is 18.6 Å². The van der Waals surface area contributed by atoms with E-state index in [0.717, 1.165) is 4.90 Å². The number of amides is 2. The van der Waals surface area contributed by atoms with Crippen LogP contribution in [-0.2, 0) is 4.79 Å². The minimum atomic E-state index is -3.00. The number of rotatable bonds is 6. The first-order valence-corrected chi connectivity index (χ1v) is 5.68. The molecule has 0 atom stereocenters. The molecule has 2 N–H and O–H groups in total. The summed E-state index contributed by atoms with van der Waals surface area (Å²) in [6, 6.07) is 5.11. The van der Waals surface area contributed by atoms with Crippen molar-refractivity contribution >= 4 is 17.7 Å². The predicted octanol–water partition coefficient (Wildman–Crippen LogP) is 2.23. The number of carboxylic acids is 1. The van der Waals surface area contributed by atoms with Crippen LogP contribution in [0.4, 0.5) is 19.3 Å². The minimum Gasteiger partial charge on any atom is -0.481 e. The van der Waals surface area contributed by atoms with Crippen molar-refractivity contribution in [2.45, 2.75) is 13.0 Å². The van der Waals surface area contributed by atoms with E-state index in [0.29, 0.717) is 0 Å². The summed E-state index contributed by atoms with van der Waals surface area (Å²) in [7, 11) is 1.40. The molecule has 1 aromatic rings. The molecule has 6 nitrogen and oxygen atoms in total. The molecule has 0 unspecified atom stereocenters. The third kappa shape index (κ3) is 5.09. The van der Waals surface area contributed by atoms with Gasteiger partial charge in [-0.2, -0.15) is 8.78 Å². The average molecular weight is 288 g/mol. The van der Waals surface area contributed by atoms with E-state index < -0.39 is 18.6 Å². The number of halogens is 2. The lowest BCUT2D eigenvalue weighted by Crippen LogP contribution is -2.33. The monoisotopic (exact) mass is 288 g/mol. The standard InChI is InChI=1S/C12H14F2N2O4/c1-16(7-6-10(17)18)12(19)15-8-4-2-3-5-9(8)20-11(13)14/h2-5,11H,6-7H2,1H3,(H,15,19)(H,17,18). The smallest absolute Gasteiger partial charge is 0.387 e. The Balaban J connectivity index is 2.67. The number of benzene rings is 1. The number of nitrogens with zero attached hydrogens (tertiary/aromatic N) is 1. The SMILES string of the molecule is CN(CCC(=O)O)C(=O)Nc1ccccc1OC(F)F. The first-order chi connectivity index (χ1) is 9.40. The molecule has 0 saturated heterocycles. The summed E-state index contributed by atoms with van der Waals surface area (Å²) in [4.78, 5) is 23.3. The first-order valence-electron chi connectivity index (χ1n) is 5.68. The summed E-state index contributed by atoms with van der Waals surface area (Å²) in [5.74, 6) is -1.20. The highest BCUT2D eigenvalue weighted by atomic mass is 19.3. The number of hydrogen-bond acceptors (Lipinski definition) is 3. The second-order valence-electron chi connectivity index (χ2n) is 3.87. The van der Waals surface area contributed by atoms with E-state index in [1.807, 2.05) is 0 Å². The zero-order valence-corrected chi connectivity index (χ0v) is 10.7.